The summed E-state index contributed by atoms with van der Waals surface area (Å²) < 4.78 is 68.4. The number of hydrogen-bond acceptors (Lipinski definition) is 5. The molecule has 19 heavy (non-hydrogen) atoms. The average Bonchev–Trinajstić information content (AvgIpc) is 2.23. The van der Waals surface area contributed by atoms with Crippen molar-refractivity contribution >= 4 is 10.0 Å². The molecule has 0 spiro atoms. The molecule has 0 aromatic heterocycles. The lowest BCUT2D eigenvalue weighted by Gasteiger charge is -2.38. The number of hydrogen-bond donors (Lipinski definition) is 1. The molecule has 1 aliphatic rings. The first-order valence-electron chi connectivity index (χ1n) is 5.37. The van der Waals surface area contributed by atoms with Crippen LogP contribution >= 0.6 is 0 Å². The molecule has 0 saturated carbocycles. The van der Waals surface area contributed by atoms with Gasteiger partial charge in [0.05, 0.1) is 26.4 Å². The Labute approximate surface area is 109 Å². The zero-order valence-corrected chi connectivity index (χ0v) is 11.3. The summed E-state index contributed by atoms with van der Waals surface area (Å²) in [5.41, 5.74) is -5.68. The van der Waals surface area contributed by atoms with E-state index in [-0.39, 0.29) is 16.3 Å². The topological polar surface area (TPSA) is 76.1 Å². The molecule has 0 aromatic carbocycles. The molecule has 1 rings (SSSR count). The molecular formula is C9H16F3NO5S. The highest BCUT2D eigenvalue weighted by Gasteiger charge is 2.50. The standard InChI is InChI=1S/C9H16F3NO5S/c1-8(5-18-6-8)4-17-3-7(14)13(2)19(15,16)9(10,11)12/h7,14H,3-6H2,1-2H3. The molecule has 0 aliphatic carbocycles. The van der Waals surface area contributed by atoms with Crippen molar-refractivity contribution in [2.75, 3.05) is 33.5 Å². The van der Waals surface area contributed by atoms with Crippen LogP contribution in [0.5, 0.6) is 0 Å². The summed E-state index contributed by atoms with van der Waals surface area (Å²) in [6.45, 7) is 2.39. The normalized spacial score (nSPS) is 21.2. The zero-order valence-electron chi connectivity index (χ0n) is 10.5. The molecule has 0 amide bonds. The van der Waals surface area contributed by atoms with Crippen LogP contribution in [0.15, 0.2) is 0 Å². The van der Waals surface area contributed by atoms with Crippen molar-refractivity contribution in [3.63, 3.8) is 0 Å². The largest absolute Gasteiger partial charge is 0.511 e. The first-order valence-corrected chi connectivity index (χ1v) is 6.81. The molecule has 10 heteroatoms. The van der Waals surface area contributed by atoms with Gasteiger partial charge in [-0.15, -0.1) is 0 Å². The SMILES string of the molecule is CN(C(O)COCC1(C)COC1)S(=O)(=O)C(F)(F)F. The minimum absolute atomic E-state index is 0.160. The lowest BCUT2D eigenvalue weighted by Crippen LogP contribution is -2.47. The van der Waals surface area contributed by atoms with Crippen molar-refractivity contribution in [1.29, 1.82) is 0 Å². The molecule has 6 nitrogen and oxygen atoms in total. The molecule has 1 saturated heterocycles. The first-order chi connectivity index (χ1) is 8.50. The van der Waals surface area contributed by atoms with E-state index in [0.29, 0.717) is 20.3 Å². The number of halogens is 3. The van der Waals surface area contributed by atoms with Crippen LogP contribution in [0.25, 0.3) is 0 Å². The van der Waals surface area contributed by atoms with Crippen molar-refractivity contribution in [2.24, 2.45) is 5.41 Å². The number of aliphatic hydroxyl groups excluding tert-OH is 1. The van der Waals surface area contributed by atoms with Crippen LogP contribution in [-0.2, 0) is 19.5 Å². The minimum atomic E-state index is -5.55. The third kappa shape index (κ3) is 3.78. The van der Waals surface area contributed by atoms with Crippen molar-refractivity contribution in [3.8, 4) is 0 Å². The highest BCUT2D eigenvalue weighted by molar-refractivity contribution is 7.89. The Bertz CT molecular complexity index is 407. The summed E-state index contributed by atoms with van der Waals surface area (Å²) >= 11 is 0. The fourth-order valence-corrected chi connectivity index (χ4v) is 2.08. The van der Waals surface area contributed by atoms with Crippen LogP contribution in [0.3, 0.4) is 0 Å². The van der Waals surface area contributed by atoms with Crippen LogP contribution < -0.4 is 0 Å². The van der Waals surface area contributed by atoms with E-state index in [9.17, 15) is 26.7 Å². The first kappa shape index (κ1) is 16.6. The number of aliphatic hydroxyl groups is 1. The molecule has 114 valence electrons. The molecule has 1 heterocycles. The van der Waals surface area contributed by atoms with E-state index in [4.69, 9.17) is 9.47 Å². The van der Waals surface area contributed by atoms with Gasteiger partial charge in [0.1, 0.15) is 6.23 Å². The van der Waals surface area contributed by atoms with Gasteiger partial charge in [-0.2, -0.15) is 17.5 Å². The molecule has 0 aromatic rings. The Morgan fingerprint density at radius 3 is 2.37 bits per heavy atom. The molecule has 1 atom stereocenters. The molecule has 0 radical (unpaired) electrons. The second-order valence-electron chi connectivity index (χ2n) is 4.77. The van der Waals surface area contributed by atoms with Gasteiger partial charge in [0.15, 0.2) is 0 Å². The van der Waals surface area contributed by atoms with Crippen molar-refractivity contribution < 1.29 is 36.2 Å². The van der Waals surface area contributed by atoms with Crippen molar-refractivity contribution in [2.45, 2.75) is 18.7 Å². The molecule has 1 unspecified atom stereocenters. The van der Waals surface area contributed by atoms with Crippen molar-refractivity contribution in [1.82, 2.24) is 4.31 Å². The molecule has 1 aliphatic heterocycles. The lowest BCUT2D eigenvalue weighted by atomic mass is 9.90. The fourth-order valence-electron chi connectivity index (χ4n) is 1.37. The highest BCUT2D eigenvalue weighted by atomic mass is 32.2. The van der Waals surface area contributed by atoms with Gasteiger partial charge in [-0.3, -0.25) is 0 Å². The maximum absolute atomic E-state index is 12.2. The second kappa shape index (κ2) is 5.52. The van der Waals surface area contributed by atoms with Gasteiger partial charge in [-0.1, -0.05) is 6.92 Å². The maximum Gasteiger partial charge on any atom is 0.511 e. The summed E-state index contributed by atoms with van der Waals surface area (Å²) in [7, 11) is -4.91. The van der Waals surface area contributed by atoms with Crippen LogP contribution in [-0.4, -0.2) is 63.0 Å². The summed E-state index contributed by atoms with van der Waals surface area (Å²) in [6, 6.07) is 0. The van der Waals surface area contributed by atoms with E-state index in [2.05, 4.69) is 0 Å². The Kier molecular flexibility index (Phi) is 4.84. The Hall–Kier alpha value is -0.420. The van der Waals surface area contributed by atoms with E-state index < -0.39 is 28.4 Å². The number of rotatable bonds is 6. The monoisotopic (exact) mass is 307 g/mol. The summed E-state index contributed by atoms with van der Waals surface area (Å²) in [4.78, 5) is 0. The van der Waals surface area contributed by atoms with Gasteiger partial charge in [-0.05, 0) is 0 Å². The Morgan fingerprint density at radius 1 is 1.47 bits per heavy atom. The number of likely N-dealkylation sites (N-methyl/N-ethyl adjacent to an activating group) is 1. The second-order valence-corrected chi connectivity index (χ2v) is 6.76. The van der Waals surface area contributed by atoms with Gasteiger partial charge in [0.25, 0.3) is 0 Å². The van der Waals surface area contributed by atoms with E-state index in [1.54, 1.807) is 0 Å². The Morgan fingerprint density at radius 2 is 2.00 bits per heavy atom. The Balaban J connectivity index is 2.47. The summed E-state index contributed by atoms with van der Waals surface area (Å²) in [5.74, 6) is 0. The third-order valence-electron chi connectivity index (χ3n) is 2.71. The third-order valence-corrected chi connectivity index (χ3v) is 4.30. The van der Waals surface area contributed by atoms with Gasteiger partial charge >= 0.3 is 15.5 Å². The predicted molar refractivity (Wildman–Crippen MR) is 58.5 cm³/mol. The van der Waals surface area contributed by atoms with Gasteiger partial charge < -0.3 is 14.6 Å². The lowest BCUT2D eigenvalue weighted by molar-refractivity contribution is -0.148. The molecule has 1 N–H and O–H groups in total. The average molecular weight is 307 g/mol. The van der Waals surface area contributed by atoms with E-state index in [1.807, 2.05) is 6.92 Å². The zero-order chi connectivity index (χ0) is 14.9. The van der Waals surface area contributed by atoms with Gasteiger partial charge in [0, 0.05) is 12.5 Å². The molecular weight excluding hydrogens is 291 g/mol. The van der Waals surface area contributed by atoms with E-state index in [1.165, 1.54) is 0 Å². The number of ether oxygens (including phenoxy) is 2. The number of sulfonamides is 1. The van der Waals surface area contributed by atoms with E-state index in [0.717, 1.165) is 0 Å². The quantitative estimate of drug-likeness (QED) is 0.706. The fraction of sp³-hybridized carbons (Fsp3) is 1.00. The predicted octanol–water partition coefficient (Wildman–Crippen LogP) is 0.139. The highest BCUT2D eigenvalue weighted by Crippen LogP contribution is 2.28. The van der Waals surface area contributed by atoms with Crippen LogP contribution in [0.1, 0.15) is 6.92 Å². The smallest absolute Gasteiger partial charge is 0.380 e. The number of nitrogens with zero attached hydrogens (tertiary/aromatic N) is 1. The molecule has 0 bridgehead atoms. The molecule has 1 fully saturated rings. The van der Waals surface area contributed by atoms with Gasteiger partial charge in [0.2, 0.25) is 0 Å². The minimum Gasteiger partial charge on any atom is -0.380 e. The summed E-state index contributed by atoms with van der Waals surface area (Å²) in [6.07, 6.45) is -1.89. The van der Waals surface area contributed by atoms with E-state index >= 15 is 0 Å². The van der Waals surface area contributed by atoms with Crippen LogP contribution in [0.4, 0.5) is 13.2 Å². The summed E-state index contributed by atoms with van der Waals surface area (Å²) in [5, 5.41) is 9.39. The number of alkyl halides is 3. The maximum atomic E-state index is 12.2. The van der Waals surface area contributed by atoms with Crippen molar-refractivity contribution in [3.05, 3.63) is 0 Å². The van der Waals surface area contributed by atoms with Gasteiger partial charge in [-0.25, -0.2) is 8.42 Å². The van der Waals surface area contributed by atoms with Crippen LogP contribution in [0.2, 0.25) is 0 Å². The van der Waals surface area contributed by atoms with Crippen LogP contribution in [0, 0.1) is 5.41 Å².